The molecule has 0 fully saturated rings. The first-order chi connectivity index (χ1) is 4.34. The third-order valence-corrected chi connectivity index (χ3v) is 1.24. The van der Waals surface area contributed by atoms with Crippen molar-refractivity contribution >= 4 is 17.8 Å². The van der Waals surface area contributed by atoms with Gasteiger partial charge in [-0.1, -0.05) is 11.6 Å². The Morgan fingerprint density at radius 3 is 3.00 bits per heavy atom. The van der Waals surface area contributed by atoms with E-state index in [2.05, 4.69) is 10.5 Å². The van der Waals surface area contributed by atoms with Gasteiger partial charge in [-0.15, -0.1) is 5.43 Å². The van der Waals surface area contributed by atoms with E-state index in [1.807, 2.05) is 0 Å². The second kappa shape index (κ2) is 2.85. The highest BCUT2D eigenvalue weighted by Crippen LogP contribution is 2.10. The van der Waals surface area contributed by atoms with E-state index in [-0.39, 0.29) is 0 Å². The number of hydrogen-bond donors (Lipinski definition) is 0. The maximum atomic E-state index is 5.56. The molecule has 0 aliphatic carbocycles. The summed E-state index contributed by atoms with van der Waals surface area (Å²) in [5, 5.41) is 4.01. The van der Waals surface area contributed by atoms with Crippen LogP contribution in [-0.4, -0.2) is 19.9 Å². The van der Waals surface area contributed by atoms with Crippen LogP contribution in [0.5, 0.6) is 0 Å². The van der Waals surface area contributed by atoms with Crippen molar-refractivity contribution in [2.75, 3.05) is 13.7 Å². The van der Waals surface area contributed by atoms with Gasteiger partial charge in [-0.2, -0.15) is 5.10 Å². The Bertz CT molecular complexity index is 164. The van der Waals surface area contributed by atoms with Crippen LogP contribution in [0.3, 0.4) is 0 Å². The number of rotatable bonds is 2. The van der Waals surface area contributed by atoms with Gasteiger partial charge in [0.05, 0.1) is 12.8 Å². The summed E-state index contributed by atoms with van der Waals surface area (Å²) < 4.78 is 4.80. The van der Waals surface area contributed by atoms with Crippen LogP contribution >= 0.6 is 11.6 Å². The largest absolute Gasteiger partial charge is 0.380 e. The van der Waals surface area contributed by atoms with Gasteiger partial charge < -0.3 is 4.74 Å². The van der Waals surface area contributed by atoms with E-state index in [4.69, 9.17) is 16.3 Å². The number of hydrogen-bond acceptors (Lipinski definition) is 2. The number of nitrogens with zero attached hydrogens (tertiary/aromatic N) is 2. The molecule has 0 N–H and O–H groups in total. The van der Waals surface area contributed by atoms with Crippen molar-refractivity contribution in [1.82, 2.24) is 5.43 Å². The Morgan fingerprint density at radius 2 is 2.56 bits per heavy atom. The summed E-state index contributed by atoms with van der Waals surface area (Å²) in [6.45, 7) is 0.478. The van der Waals surface area contributed by atoms with E-state index in [1.54, 1.807) is 13.3 Å². The Hall–Kier alpha value is -0.540. The monoisotopic (exact) mass is 145 g/mol. The van der Waals surface area contributed by atoms with Gasteiger partial charge in [0.2, 0.25) is 0 Å². The molecule has 1 heterocycles. The smallest absolute Gasteiger partial charge is 0.158 e. The Labute approximate surface area is 58.3 Å². The average molecular weight is 146 g/mol. The van der Waals surface area contributed by atoms with Gasteiger partial charge in [0.25, 0.3) is 0 Å². The van der Waals surface area contributed by atoms with E-state index in [0.29, 0.717) is 11.8 Å². The molecule has 0 spiro atoms. The highest BCUT2D eigenvalue weighted by molar-refractivity contribution is 6.31. The molecular weight excluding hydrogens is 140 g/mol. The van der Waals surface area contributed by atoms with Crippen LogP contribution in [0.4, 0.5) is 0 Å². The highest BCUT2D eigenvalue weighted by Gasteiger charge is 2.07. The lowest BCUT2D eigenvalue weighted by molar-refractivity contribution is 0.230. The molecule has 0 bridgehead atoms. The predicted octanol–water partition coefficient (Wildman–Crippen LogP) is 0.687. The Kier molecular flexibility index (Phi) is 2.08. The molecule has 0 aromatic rings. The second-order valence-corrected chi connectivity index (χ2v) is 1.95. The van der Waals surface area contributed by atoms with Crippen LogP contribution in [0, 0.1) is 0 Å². The molecule has 1 aliphatic rings. The van der Waals surface area contributed by atoms with E-state index in [9.17, 15) is 0 Å². The molecule has 3 nitrogen and oxygen atoms in total. The minimum atomic E-state index is 0.428. The van der Waals surface area contributed by atoms with Crippen molar-refractivity contribution in [1.29, 1.82) is 0 Å². The summed E-state index contributed by atoms with van der Waals surface area (Å²) in [6, 6.07) is 0. The first kappa shape index (κ1) is 6.58. The SMILES string of the molecule is COCC1=C(Cl)[N]N=C1. The molecule has 4 heteroatoms. The van der Waals surface area contributed by atoms with Gasteiger partial charge in [0.15, 0.2) is 5.16 Å². The van der Waals surface area contributed by atoms with Gasteiger partial charge in [-0.05, 0) is 0 Å². The molecule has 0 atom stereocenters. The second-order valence-electron chi connectivity index (χ2n) is 1.59. The first-order valence-corrected chi connectivity index (χ1v) is 2.84. The lowest BCUT2D eigenvalue weighted by atomic mass is 10.3. The molecule has 0 saturated carbocycles. The molecule has 49 valence electrons. The Balaban J connectivity index is 2.54. The van der Waals surface area contributed by atoms with E-state index >= 15 is 0 Å². The zero-order valence-corrected chi connectivity index (χ0v) is 5.72. The van der Waals surface area contributed by atoms with Crippen LogP contribution in [0.25, 0.3) is 0 Å². The molecule has 1 rings (SSSR count). The summed E-state index contributed by atoms with van der Waals surface area (Å²) in [5.74, 6) is 0. The quantitative estimate of drug-likeness (QED) is 0.527. The first-order valence-electron chi connectivity index (χ1n) is 2.46. The van der Waals surface area contributed by atoms with Crippen molar-refractivity contribution < 1.29 is 4.74 Å². The van der Waals surface area contributed by atoms with Gasteiger partial charge in [-0.25, -0.2) is 0 Å². The average Bonchev–Trinajstić information content (AvgIpc) is 2.18. The van der Waals surface area contributed by atoms with Gasteiger partial charge in [0.1, 0.15) is 0 Å². The fraction of sp³-hybridized carbons (Fsp3) is 0.400. The molecule has 0 aromatic heterocycles. The molecule has 0 amide bonds. The molecule has 9 heavy (non-hydrogen) atoms. The van der Waals surface area contributed by atoms with Crippen molar-refractivity contribution in [3.63, 3.8) is 0 Å². The van der Waals surface area contributed by atoms with Crippen molar-refractivity contribution in [3.8, 4) is 0 Å². The van der Waals surface area contributed by atoms with Crippen molar-refractivity contribution in [2.24, 2.45) is 5.10 Å². The number of methoxy groups -OCH3 is 1. The summed E-state index contributed by atoms with van der Waals surface area (Å²) in [4.78, 5) is 0. The zero-order chi connectivity index (χ0) is 6.69. The summed E-state index contributed by atoms with van der Waals surface area (Å²) >= 11 is 5.56. The normalized spacial score (nSPS) is 16.7. The minimum absolute atomic E-state index is 0.428. The van der Waals surface area contributed by atoms with Crippen molar-refractivity contribution in [2.45, 2.75) is 0 Å². The molecule has 0 unspecified atom stereocenters. The summed E-state index contributed by atoms with van der Waals surface area (Å²) in [5.41, 5.74) is 4.40. The predicted molar refractivity (Wildman–Crippen MR) is 35.4 cm³/mol. The van der Waals surface area contributed by atoms with E-state index < -0.39 is 0 Å². The van der Waals surface area contributed by atoms with Crippen LogP contribution in [0.15, 0.2) is 15.8 Å². The fourth-order valence-electron chi connectivity index (χ4n) is 0.519. The zero-order valence-electron chi connectivity index (χ0n) is 4.97. The van der Waals surface area contributed by atoms with Crippen molar-refractivity contribution in [3.05, 3.63) is 10.7 Å². The summed E-state index contributed by atoms with van der Waals surface area (Å²) in [6.07, 6.45) is 1.59. The van der Waals surface area contributed by atoms with Crippen LogP contribution < -0.4 is 5.43 Å². The van der Waals surface area contributed by atoms with Crippen LogP contribution in [0.1, 0.15) is 0 Å². The topological polar surface area (TPSA) is 35.7 Å². The lowest BCUT2D eigenvalue weighted by Gasteiger charge is -1.93. The lowest BCUT2D eigenvalue weighted by Crippen LogP contribution is -1.95. The highest BCUT2D eigenvalue weighted by atomic mass is 35.5. The molecule has 0 saturated heterocycles. The number of ether oxygens (including phenoxy) is 1. The third-order valence-electron chi connectivity index (χ3n) is 0.924. The Morgan fingerprint density at radius 1 is 1.78 bits per heavy atom. The molecule has 1 aliphatic heterocycles. The van der Waals surface area contributed by atoms with E-state index in [1.165, 1.54) is 0 Å². The number of halogens is 1. The van der Waals surface area contributed by atoms with Gasteiger partial charge >= 0.3 is 0 Å². The molecule has 1 radical (unpaired) electrons. The third kappa shape index (κ3) is 1.43. The van der Waals surface area contributed by atoms with Gasteiger partial charge in [-0.3, -0.25) is 0 Å². The van der Waals surface area contributed by atoms with Crippen LogP contribution in [-0.2, 0) is 4.74 Å². The molecule has 0 aromatic carbocycles. The maximum absolute atomic E-state index is 5.56. The summed E-state index contributed by atoms with van der Waals surface area (Å²) in [7, 11) is 1.60. The van der Waals surface area contributed by atoms with Gasteiger partial charge in [0, 0.05) is 12.7 Å². The minimum Gasteiger partial charge on any atom is -0.380 e. The van der Waals surface area contributed by atoms with Crippen LogP contribution in [0.2, 0.25) is 0 Å². The molecular formula is C5H6ClN2O. The fourth-order valence-corrected chi connectivity index (χ4v) is 0.666. The standard InChI is InChI=1S/C5H6ClN2O/c1-9-3-4-2-7-8-5(4)6/h2H,3H2,1H3. The maximum Gasteiger partial charge on any atom is 0.158 e. The van der Waals surface area contributed by atoms with E-state index in [0.717, 1.165) is 5.57 Å².